The van der Waals surface area contributed by atoms with Gasteiger partial charge in [0.2, 0.25) is 0 Å². The maximum Gasteiger partial charge on any atom is -0.0548 e. The van der Waals surface area contributed by atoms with Crippen molar-refractivity contribution in [3.63, 3.8) is 0 Å². The number of nitrogens with zero attached hydrogens (tertiary/aromatic N) is 4. The van der Waals surface area contributed by atoms with E-state index in [1.54, 1.807) is 0 Å². The molecule has 0 amide bonds. The summed E-state index contributed by atoms with van der Waals surface area (Å²) in [4.78, 5) is 0. The summed E-state index contributed by atoms with van der Waals surface area (Å²) in [6, 6.07) is 43.8. The summed E-state index contributed by atoms with van der Waals surface area (Å²) in [6.07, 6.45) is 9.93. The number of hydrogen-bond acceptors (Lipinski definition) is 0. The maximum absolute atomic E-state index is 4.95. The molecule has 47 heavy (non-hydrogen) atoms. The Hall–Kier alpha value is -1.83. The van der Waals surface area contributed by atoms with Gasteiger partial charge in [0.05, 0.1) is 0 Å². The molecule has 0 heterocycles. The van der Waals surface area contributed by atoms with Gasteiger partial charge in [-0.25, -0.2) is 0 Å². The monoisotopic (exact) mass is 800 g/mol. The van der Waals surface area contributed by atoms with Crippen molar-refractivity contribution in [2.45, 2.75) is 102 Å². The predicted octanol–water partition coefficient (Wildman–Crippen LogP) is 12.6. The Morgan fingerprint density at radius 1 is 0.383 bits per heavy atom. The molecule has 7 heteroatoms. The van der Waals surface area contributed by atoms with Crippen molar-refractivity contribution in [3.8, 4) is 0 Å². The number of benzene rings is 4. The van der Waals surface area contributed by atoms with E-state index in [1.807, 2.05) is 0 Å². The van der Waals surface area contributed by atoms with E-state index in [4.69, 9.17) is 21.3 Å². The third-order valence-corrected chi connectivity index (χ3v) is 8.79. The van der Waals surface area contributed by atoms with Crippen molar-refractivity contribution in [2.75, 3.05) is 0 Å². The molecule has 2 aliphatic carbocycles. The zero-order valence-electron chi connectivity index (χ0n) is 27.2. The molecule has 0 unspecified atom stereocenters. The molecular formula is C40H48Br2N4Ni-4. The summed E-state index contributed by atoms with van der Waals surface area (Å²) in [5.41, 5.74) is 5.20. The minimum atomic E-state index is 0.401. The van der Waals surface area contributed by atoms with Gasteiger partial charge in [-0.2, -0.15) is 24.2 Å². The molecule has 4 atom stereocenters. The first kappa shape index (κ1) is 38.0. The van der Waals surface area contributed by atoms with Gasteiger partial charge in [-0.15, -0.1) is 26.2 Å². The van der Waals surface area contributed by atoms with Crippen LogP contribution < -0.4 is 0 Å². The molecule has 2 fully saturated rings. The molecule has 0 radical (unpaired) electrons. The number of hydrogen-bond donors (Lipinski definition) is 0. The van der Waals surface area contributed by atoms with E-state index in [9.17, 15) is 0 Å². The Kier molecular flexibility index (Phi) is 19.0. The second-order valence-corrected chi connectivity index (χ2v) is 17.2. The van der Waals surface area contributed by atoms with Gasteiger partial charge in [-0.1, -0.05) is 195 Å². The van der Waals surface area contributed by atoms with E-state index in [-0.39, 0.29) is 0 Å². The van der Waals surface area contributed by atoms with Gasteiger partial charge >= 0.3 is 39.3 Å². The summed E-state index contributed by atoms with van der Waals surface area (Å²) in [5.74, 6) is 0. The molecule has 2 aliphatic rings. The van der Waals surface area contributed by atoms with Crippen LogP contribution in [-0.4, -0.2) is 24.2 Å². The fraction of sp³-hybridized carbons (Fsp3) is 0.400. The second-order valence-electron chi connectivity index (χ2n) is 12.2. The SMILES string of the molecule is [Br][Ni][Br].c1ccc(C[N-][C@H]2CCCC[C@@H]2[N-]Cc2ccccc2)cc1.c1ccc(C[N-][C@H]2CCCC[C@@H]2[N-]Cc2ccccc2)cc1. The van der Waals surface area contributed by atoms with Gasteiger partial charge in [-0.05, 0) is 0 Å². The first-order valence-electron chi connectivity index (χ1n) is 16.9. The average molecular weight is 803 g/mol. The van der Waals surface area contributed by atoms with Crippen molar-refractivity contribution in [1.82, 2.24) is 0 Å². The van der Waals surface area contributed by atoms with Crippen LogP contribution in [0.4, 0.5) is 0 Å². The normalized spacial score (nSPS) is 20.7. The van der Waals surface area contributed by atoms with Crippen molar-refractivity contribution < 1.29 is 10.9 Å². The zero-order chi connectivity index (χ0) is 32.8. The Balaban J connectivity index is 0.000000197. The Bertz CT molecular complexity index is 1110. The van der Waals surface area contributed by atoms with E-state index < -0.39 is 0 Å². The van der Waals surface area contributed by atoms with Crippen LogP contribution in [0.5, 0.6) is 0 Å². The van der Waals surface area contributed by atoms with Gasteiger partial charge in [0, 0.05) is 0 Å². The van der Waals surface area contributed by atoms with Crippen LogP contribution in [-0.2, 0) is 37.1 Å². The first-order valence-corrected chi connectivity index (χ1v) is 21.8. The van der Waals surface area contributed by atoms with Crippen LogP contribution in [0.15, 0.2) is 121 Å². The van der Waals surface area contributed by atoms with Crippen molar-refractivity contribution >= 4 is 28.5 Å². The van der Waals surface area contributed by atoms with Crippen LogP contribution in [0, 0.1) is 0 Å². The van der Waals surface area contributed by atoms with Gasteiger partial charge in [0.15, 0.2) is 0 Å². The van der Waals surface area contributed by atoms with Crippen molar-refractivity contribution in [2.24, 2.45) is 0 Å². The van der Waals surface area contributed by atoms with Crippen LogP contribution >= 0.6 is 28.5 Å². The number of halogens is 2. The van der Waals surface area contributed by atoms with E-state index in [0.29, 0.717) is 24.2 Å². The van der Waals surface area contributed by atoms with E-state index >= 15 is 0 Å². The molecule has 4 aromatic carbocycles. The molecule has 4 aromatic rings. The minimum Gasteiger partial charge on any atom is -0.657 e. The molecule has 6 rings (SSSR count). The molecular weight excluding hydrogens is 755 g/mol. The smallest absolute Gasteiger partial charge is 0.0548 e. The summed E-state index contributed by atoms with van der Waals surface area (Å²) in [7, 11) is 1.25. The summed E-state index contributed by atoms with van der Waals surface area (Å²) >= 11 is 6.00. The van der Waals surface area contributed by atoms with E-state index in [0.717, 1.165) is 26.2 Å². The van der Waals surface area contributed by atoms with Crippen LogP contribution in [0.2, 0.25) is 0 Å². The molecule has 2 saturated carbocycles. The largest absolute Gasteiger partial charge is 0.657 e. The molecule has 0 aromatic heterocycles. The van der Waals surface area contributed by atoms with Gasteiger partial charge < -0.3 is 21.3 Å². The molecule has 0 spiro atoms. The third-order valence-electron chi connectivity index (χ3n) is 8.79. The summed E-state index contributed by atoms with van der Waals surface area (Å²) < 4.78 is 0. The molecule has 0 N–H and O–H groups in total. The molecule has 0 bridgehead atoms. The van der Waals surface area contributed by atoms with Gasteiger partial charge in [0.25, 0.3) is 0 Å². The fourth-order valence-electron chi connectivity index (χ4n) is 6.26. The third kappa shape index (κ3) is 15.1. The minimum absolute atomic E-state index is 0.401. The molecule has 4 nitrogen and oxygen atoms in total. The van der Waals surface area contributed by atoms with Crippen molar-refractivity contribution in [1.29, 1.82) is 0 Å². The quantitative estimate of drug-likeness (QED) is 0.128. The first-order chi connectivity index (χ1) is 23.2. The second kappa shape index (κ2) is 23.5. The molecule has 0 aliphatic heterocycles. The Morgan fingerprint density at radius 3 is 0.766 bits per heavy atom. The molecule has 0 saturated heterocycles. The van der Waals surface area contributed by atoms with Gasteiger partial charge in [-0.3, -0.25) is 0 Å². The van der Waals surface area contributed by atoms with Gasteiger partial charge in [0.1, 0.15) is 0 Å². The van der Waals surface area contributed by atoms with E-state index in [1.165, 1.54) is 84.5 Å². The van der Waals surface area contributed by atoms with Crippen LogP contribution in [0.3, 0.4) is 0 Å². The summed E-state index contributed by atoms with van der Waals surface area (Å²) in [6.45, 7) is 3.29. The summed E-state index contributed by atoms with van der Waals surface area (Å²) in [5, 5.41) is 19.8. The van der Waals surface area contributed by atoms with Crippen LogP contribution in [0.1, 0.15) is 73.6 Å². The Labute approximate surface area is 304 Å². The van der Waals surface area contributed by atoms with E-state index in [2.05, 4.69) is 150 Å². The maximum atomic E-state index is 4.95. The zero-order valence-corrected chi connectivity index (χ0v) is 31.4. The topological polar surface area (TPSA) is 56.4 Å². The fourth-order valence-corrected chi connectivity index (χ4v) is 6.26. The predicted molar refractivity (Wildman–Crippen MR) is 204 cm³/mol. The molecule has 256 valence electrons. The average Bonchev–Trinajstić information content (AvgIpc) is 3.14. The standard InChI is InChI=1S/2C20H24N2.2BrH.Ni/c2*1-3-9-17(10-4-1)15-21-19-13-7-8-14-20(19)22-16-18-11-5-2-6-12-18;;;/h2*1-6,9-12,19-20H,7-8,13-16H2;2*1H;/q2*-2;;;+2/p-2/t2*19-,20-;;;/m00.../s1. The van der Waals surface area contributed by atoms with Crippen molar-refractivity contribution in [3.05, 3.63) is 165 Å². The van der Waals surface area contributed by atoms with Crippen LogP contribution in [0.25, 0.3) is 21.3 Å². The number of rotatable bonds is 12. The Morgan fingerprint density at radius 2 is 0.574 bits per heavy atom.